The molecule has 32 heavy (non-hydrogen) atoms. The number of methoxy groups -OCH3 is 1. The summed E-state index contributed by atoms with van der Waals surface area (Å²) in [5, 5.41) is 2.55. The Balaban J connectivity index is 2.08. The first-order valence-corrected chi connectivity index (χ1v) is 11.1. The van der Waals surface area contributed by atoms with Crippen LogP contribution in [0.15, 0.2) is 71.6 Å². The predicted octanol–water partition coefficient (Wildman–Crippen LogP) is 4.32. The number of carbonyl (C=O) groups excluding carboxylic acids is 1. The number of nitrogens with zero attached hydrogens (tertiary/aromatic N) is 1. The van der Waals surface area contributed by atoms with Crippen LogP contribution in [0.4, 0.5) is 14.5 Å². The number of anilines is 1. The van der Waals surface area contributed by atoms with E-state index in [0.717, 1.165) is 4.31 Å². The summed E-state index contributed by atoms with van der Waals surface area (Å²) < 4.78 is 61.2. The van der Waals surface area contributed by atoms with E-state index in [4.69, 9.17) is 4.74 Å². The van der Waals surface area contributed by atoms with Crippen LogP contribution in [0.5, 0.6) is 5.75 Å². The van der Waals surface area contributed by atoms with Crippen molar-refractivity contribution in [2.24, 2.45) is 0 Å². The summed E-state index contributed by atoms with van der Waals surface area (Å²) in [6.07, 6.45) is 0. The zero-order valence-corrected chi connectivity index (χ0v) is 18.3. The van der Waals surface area contributed by atoms with Gasteiger partial charge in [0.15, 0.2) is 0 Å². The van der Waals surface area contributed by atoms with E-state index < -0.39 is 21.7 Å². The number of hydrogen-bond donors (Lipinski definition) is 1. The fraction of sp³-hybridized carbons (Fsp3) is 0.174. The Bertz CT molecular complexity index is 1180. The molecule has 0 aliphatic heterocycles. The van der Waals surface area contributed by atoms with Gasteiger partial charge in [0.1, 0.15) is 22.3 Å². The third-order valence-corrected chi connectivity index (χ3v) is 6.41. The maximum absolute atomic E-state index is 13.7. The normalized spacial score (nSPS) is 11.4. The Hall–Kier alpha value is -3.30. The summed E-state index contributed by atoms with van der Waals surface area (Å²) in [4.78, 5) is 11.3. The average Bonchev–Trinajstić information content (AvgIpc) is 2.73. The number of ether oxygens (including phenoxy) is 1. The van der Waals surface area contributed by atoms with Crippen LogP contribution in [-0.2, 0) is 27.9 Å². The predicted molar refractivity (Wildman–Crippen MR) is 117 cm³/mol. The van der Waals surface area contributed by atoms with Crippen LogP contribution in [0, 0.1) is 11.6 Å². The van der Waals surface area contributed by atoms with E-state index in [2.05, 4.69) is 5.32 Å². The van der Waals surface area contributed by atoms with Gasteiger partial charge in [-0.05, 0) is 53.6 Å². The minimum absolute atomic E-state index is 0.0718. The van der Waals surface area contributed by atoms with Crippen molar-refractivity contribution in [2.75, 3.05) is 12.4 Å². The van der Waals surface area contributed by atoms with Crippen molar-refractivity contribution >= 4 is 21.6 Å². The van der Waals surface area contributed by atoms with Crippen LogP contribution >= 0.6 is 0 Å². The van der Waals surface area contributed by atoms with Crippen molar-refractivity contribution < 1.29 is 26.7 Å². The van der Waals surface area contributed by atoms with Gasteiger partial charge in [0.2, 0.25) is 15.9 Å². The number of nitrogens with one attached hydrogen (secondary N) is 1. The van der Waals surface area contributed by atoms with Gasteiger partial charge in [-0.3, -0.25) is 4.79 Å². The molecule has 0 saturated heterocycles. The molecule has 9 heteroatoms. The SMILES string of the molecule is COc1ccc(NC(C)=O)cc1S(=O)(=O)N(Cc1cccc(F)c1)Cc1cccc(F)c1. The van der Waals surface area contributed by atoms with E-state index in [9.17, 15) is 22.0 Å². The lowest BCUT2D eigenvalue weighted by atomic mass is 10.2. The average molecular weight is 461 g/mol. The Morgan fingerprint density at radius 1 is 0.938 bits per heavy atom. The molecule has 3 rings (SSSR count). The first-order chi connectivity index (χ1) is 15.2. The van der Waals surface area contributed by atoms with Crippen molar-refractivity contribution in [1.82, 2.24) is 4.31 Å². The Labute approximate surface area is 185 Å². The van der Waals surface area contributed by atoms with Crippen LogP contribution in [0.3, 0.4) is 0 Å². The second-order valence-corrected chi connectivity index (χ2v) is 8.99. The summed E-state index contributed by atoms with van der Waals surface area (Å²) in [5.41, 5.74) is 1.11. The lowest BCUT2D eigenvalue weighted by Crippen LogP contribution is -2.30. The molecule has 0 saturated carbocycles. The smallest absolute Gasteiger partial charge is 0.247 e. The highest BCUT2D eigenvalue weighted by atomic mass is 32.2. The molecule has 3 aromatic carbocycles. The zero-order chi connectivity index (χ0) is 23.3. The molecule has 3 aromatic rings. The molecular formula is C23H22F2N2O4S. The molecule has 0 unspecified atom stereocenters. The first kappa shape index (κ1) is 23.4. The zero-order valence-electron chi connectivity index (χ0n) is 17.5. The number of halogens is 2. The maximum Gasteiger partial charge on any atom is 0.247 e. The molecule has 0 aliphatic rings. The summed E-state index contributed by atoms with van der Waals surface area (Å²) in [5.74, 6) is -1.30. The molecule has 168 valence electrons. The van der Waals surface area contributed by atoms with Crippen LogP contribution in [0.25, 0.3) is 0 Å². The lowest BCUT2D eigenvalue weighted by molar-refractivity contribution is -0.114. The first-order valence-electron chi connectivity index (χ1n) is 9.63. The van der Waals surface area contributed by atoms with Crippen molar-refractivity contribution in [3.05, 3.63) is 89.5 Å². The quantitative estimate of drug-likeness (QED) is 0.543. The molecule has 0 aliphatic carbocycles. The molecule has 0 fully saturated rings. The van der Waals surface area contributed by atoms with Crippen molar-refractivity contribution in [3.8, 4) is 5.75 Å². The van der Waals surface area contributed by atoms with Gasteiger partial charge in [0.25, 0.3) is 0 Å². The van der Waals surface area contributed by atoms with Crippen molar-refractivity contribution in [2.45, 2.75) is 24.9 Å². The number of carbonyl (C=O) groups is 1. The highest BCUT2D eigenvalue weighted by Gasteiger charge is 2.29. The molecule has 0 radical (unpaired) electrons. The second kappa shape index (κ2) is 9.88. The lowest BCUT2D eigenvalue weighted by Gasteiger charge is -2.24. The van der Waals surface area contributed by atoms with E-state index in [-0.39, 0.29) is 35.3 Å². The molecular weight excluding hydrogens is 438 g/mol. The maximum atomic E-state index is 13.7. The fourth-order valence-corrected chi connectivity index (χ4v) is 4.80. The summed E-state index contributed by atoms with van der Waals surface area (Å²) in [6, 6.07) is 15.4. The molecule has 6 nitrogen and oxygen atoms in total. The molecule has 0 bridgehead atoms. The van der Waals surface area contributed by atoms with Crippen LogP contribution in [0.1, 0.15) is 18.1 Å². The van der Waals surface area contributed by atoms with Gasteiger partial charge in [-0.25, -0.2) is 17.2 Å². The third-order valence-electron chi connectivity index (χ3n) is 4.60. The summed E-state index contributed by atoms with van der Waals surface area (Å²) >= 11 is 0. The van der Waals surface area contributed by atoms with Gasteiger partial charge in [-0.2, -0.15) is 4.31 Å². The monoisotopic (exact) mass is 460 g/mol. The highest BCUT2D eigenvalue weighted by Crippen LogP contribution is 2.31. The molecule has 0 heterocycles. The second-order valence-electron chi connectivity index (χ2n) is 7.08. The Kier molecular flexibility index (Phi) is 7.22. The van der Waals surface area contributed by atoms with Gasteiger partial charge >= 0.3 is 0 Å². The molecule has 0 spiro atoms. The van der Waals surface area contributed by atoms with Gasteiger partial charge in [0, 0.05) is 25.7 Å². The van der Waals surface area contributed by atoms with E-state index >= 15 is 0 Å². The fourth-order valence-electron chi connectivity index (χ4n) is 3.20. The highest BCUT2D eigenvalue weighted by molar-refractivity contribution is 7.89. The molecule has 1 amide bonds. The van der Waals surface area contributed by atoms with Gasteiger partial charge in [0.05, 0.1) is 7.11 Å². The third kappa shape index (κ3) is 5.68. The van der Waals surface area contributed by atoms with Crippen molar-refractivity contribution in [1.29, 1.82) is 0 Å². The standard InChI is InChI=1S/C23H22F2N2O4S/c1-16(28)26-21-9-10-22(31-2)23(13-21)32(29,30)27(14-17-5-3-7-19(24)11-17)15-18-6-4-8-20(25)12-18/h3-13H,14-15H2,1-2H3,(H,26,28). The Morgan fingerprint density at radius 2 is 1.50 bits per heavy atom. The summed E-state index contributed by atoms with van der Waals surface area (Å²) in [7, 11) is -2.88. The van der Waals surface area contributed by atoms with Gasteiger partial charge in [-0.15, -0.1) is 0 Å². The number of hydrogen-bond acceptors (Lipinski definition) is 4. The van der Waals surface area contributed by atoms with Gasteiger partial charge in [-0.1, -0.05) is 24.3 Å². The number of rotatable bonds is 8. The number of sulfonamides is 1. The number of amides is 1. The topological polar surface area (TPSA) is 75.7 Å². The van der Waals surface area contributed by atoms with Crippen molar-refractivity contribution in [3.63, 3.8) is 0 Å². The largest absolute Gasteiger partial charge is 0.495 e. The molecule has 1 N–H and O–H groups in total. The van der Waals surface area contributed by atoms with E-state index in [1.807, 2.05) is 0 Å². The van der Waals surface area contributed by atoms with E-state index in [1.165, 1.54) is 68.6 Å². The molecule has 0 aromatic heterocycles. The molecule has 0 atom stereocenters. The minimum Gasteiger partial charge on any atom is -0.495 e. The minimum atomic E-state index is -4.21. The van der Waals surface area contributed by atoms with E-state index in [1.54, 1.807) is 12.1 Å². The summed E-state index contributed by atoms with van der Waals surface area (Å²) in [6.45, 7) is 0.979. The Morgan fingerprint density at radius 3 is 1.97 bits per heavy atom. The van der Waals surface area contributed by atoms with Crippen LogP contribution in [-0.4, -0.2) is 25.7 Å². The van der Waals surface area contributed by atoms with Crippen LogP contribution < -0.4 is 10.1 Å². The van der Waals surface area contributed by atoms with Crippen LogP contribution in [0.2, 0.25) is 0 Å². The van der Waals surface area contributed by atoms with Gasteiger partial charge < -0.3 is 10.1 Å². The van der Waals surface area contributed by atoms with E-state index in [0.29, 0.717) is 11.1 Å². The number of benzene rings is 3.